The monoisotopic (exact) mass is 992 g/mol. The van der Waals surface area contributed by atoms with Crippen molar-refractivity contribution >= 4 is 70.6 Å². The van der Waals surface area contributed by atoms with Gasteiger partial charge in [0, 0.05) is 0 Å². The average Bonchev–Trinajstić information content (AvgIpc) is 4.18. The van der Waals surface area contributed by atoms with Crippen molar-refractivity contribution in [1.82, 2.24) is 0 Å². The van der Waals surface area contributed by atoms with Crippen LogP contribution in [0.4, 0.5) is 0 Å². The number of fused-ring (bicyclic) bond motifs is 3. The first kappa shape index (κ1) is 55.7. The zero-order valence-electron chi connectivity index (χ0n) is 36.9. The first-order chi connectivity index (χ1) is 31.1. The molecule has 0 aromatic heterocycles. The highest BCUT2D eigenvalue weighted by Gasteiger charge is 2.72. The molecule has 0 amide bonds. The second kappa shape index (κ2) is 24.4. The van der Waals surface area contributed by atoms with E-state index in [-0.39, 0.29) is 45.6 Å². The third-order valence-corrected chi connectivity index (χ3v) is 12.9. The van der Waals surface area contributed by atoms with Gasteiger partial charge in [-0.05, 0) is 55.2 Å². The van der Waals surface area contributed by atoms with E-state index < -0.39 is 76.5 Å². The number of allylic oxidation sites excluding steroid dienone is 6. The van der Waals surface area contributed by atoms with E-state index >= 15 is 0 Å². The van der Waals surface area contributed by atoms with Gasteiger partial charge in [0.05, 0.1) is 28.3 Å². The van der Waals surface area contributed by atoms with Crippen LogP contribution in [0.15, 0.2) is 67.3 Å². The molecule has 0 radical (unpaired) electrons. The maximum absolute atomic E-state index is 11.3. The minimum atomic E-state index is -1.78. The van der Waals surface area contributed by atoms with E-state index in [1.54, 1.807) is 0 Å². The number of hydrogen-bond donors (Lipinski definition) is 9. The number of hydrogen-bond acceptors (Lipinski definition) is 12. The van der Waals surface area contributed by atoms with E-state index in [1.807, 2.05) is 0 Å². The molecule has 66 heavy (non-hydrogen) atoms. The Kier molecular flexibility index (Phi) is 20.6. The molecule has 0 aromatic rings. The largest absolute Gasteiger partial charge is 0.481 e. The SMILES string of the molecule is CCCCCCC1=CC(C(=O)O)C2(C(=O)O)OC2=C1Cl.CCCCCCC1=CC(C(=O)O)C2(C(=O)O)OC2=C1Cl.CCCCCCC1=CC(C(=O)O)C2(C(=O)O)OC2=C1Cl.OCC(O)CO. The number of carbonyl (C=O) groups is 6. The summed E-state index contributed by atoms with van der Waals surface area (Å²) in [7, 11) is 0. The Morgan fingerprint density at radius 2 is 0.727 bits per heavy atom. The lowest BCUT2D eigenvalue weighted by atomic mass is 9.84. The van der Waals surface area contributed by atoms with Crippen LogP contribution in [-0.2, 0) is 43.0 Å². The Morgan fingerprint density at radius 3 is 0.894 bits per heavy atom. The molecule has 9 N–H and O–H groups in total. The van der Waals surface area contributed by atoms with Crippen molar-refractivity contribution in [2.24, 2.45) is 17.8 Å². The van der Waals surface area contributed by atoms with Crippen molar-refractivity contribution < 1.29 is 88.9 Å². The number of aliphatic hydroxyl groups excluding tert-OH is 3. The first-order valence-electron chi connectivity index (χ1n) is 21.8. The number of aliphatic hydroxyl groups is 3. The Bertz CT molecular complexity index is 1830. The standard InChI is InChI=1S/3C14H17ClO5.C3H8O3/c3*1-2-3-4-5-6-8-7-9(12(16)17)14(13(18)19)11(20-14)10(8)15;4-1-3(6)2-5/h3*7,9H,2-6H2,1H3,(H,16,17)(H,18,19);3-6H,1-2H2. The highest BCUT2D eigenvalue weighted by molar-refractivity contribution is 6.34. The number of halogens is 3. The zero-order chi connectivity index (χ0) is 49.7. The lowest BCUT2D eigenvalue weighted by Gasteiger charge is -2.17. The fourth-order valence-electron chi connectivity index (χ4n) is 7.68. The lowest BCUT2D eigenvalue weighted by Crippen LogP contribution is -2.38. The summed E-state index contributed by atoms with van der Waals surface area (Å²) in [6, 6.07) is 0. The molecule has 3 saturated heterocycles. The number of rotatable bonds is 23. The van der Waals surface area contributed by atoms with E-state index in [0.29, 0.717) is 36.0 Å². The van der Waals surface area contributed by atoms with Gasteiger partial charge < -0.3 is 60.2 Å². The summed E-state index contributed by atoms with van der Waals surface area (Å²) < 4.78 is 15.3. The summed E-state index contributed by atoms with van der Waals surface area (Å²) in [5.74, 6) is -10.9. The van der Waals surface area contributed by atoms with Crippen LogP contribution >= 0.6 is 34.8 Å². The van der Waals surface area contributed by atoms with Crippen LogP contribution in [-0.4, -0.2) is 118 Å². The van der Waals surface area contributed by atoms with E-state index in [9.17, 15) is 59.4 Å². The van der Waals surface area contributed by atoms with Gasteiger partial charge in [0.25, 0.3) is 16.8 Å². The van der Waals surface area contributed by atoms with Crippen LogP contribution in [0.25, 0.3) is 0 Å². The molecule has 21 heteroatoms. The second-order valence-electron chi connectivity index (χ2n) is 16.3. The maximum Gasteiger partial charge on any atom is 0.357 e. The topological polar surface area (TPSA) is 322 Å². The quantitative estimate of drug-likeness (QED) is 0.0366. The van der Waals surface area contributed by atoms with Gasteiger partial charge in [0.2, 0.25) is 0 Å². The summed E-state index contributed by atoms with van der Waals surface area (Å²) in [5.41, 5.74) is -3.31. The molecule has 6 aliphatic rings. The van der Waals surface area contributed by atoms with Crippen molar-refractivity contribution in [2.45, 2.75) is 140 Å². The molecule has 3 aliphatic carbocycles. The Morgan fingerprint density at radius 1 is 0.485 bits per heavy atom. The summed E-state index contributed by atoms with van der Waals surface area (Å²) in [5, 5.41) is 80.0. The molecule has 0 saturated carbocycles. The van der Waals surface area contributed by atoms with Crippen LogP contribution in [0.3, 0.4) is 0 Å². The summed E-state index contributed by atoms with van der Waals surface area (Å²) in [4.78, 5) is 67.6. The average molecular weight is 994 g/mol. The van der Waals surface area contributed by atoms with Crippen LogP contribution in [0.1, 0.15) is 117 Å². The number of carboxylic acid groups (broad SMARTS) is 6. The van der Waals surface area contributed by atoms with Crippen molar-refractivity contribution in [2.75, 3.05) is 13.2 Å². The minimum Gasteiger partial charge on any atom is -0.481 e. The molecule has 6 unspecified atom stereocenters. The number of unbranched alkanes of at least 4 members (excludes halogenated alkanes) is 9. The van der Waals surface area contributed by atoms with Gasteiger partial charge in [-0.2, -0.15) is 0 Å². The molecule has 18 nitrogen and oxygen atoms in total. The fourth-order valence-corrected chi connectivity index (χ4v) is 8.69. The predicted molar refractivity (Wildman–Crippen MR) is 237 cm³/mol. The Hall–Kier alpha value is -4.59. The molecular weight excluding hydrogens is 935 g/mol. The highest BCUT2D eigenvalue weighted by atomic mass is 35.5. The molecule has 3 aliphatic heterocycles. The third kappa shape index (κ3) is 12.3. The number of ether oxygens (including phenoxy) is 3. The Balaban J connectivity index is 0.000000247. The maximum atomic E-state index is 11.3. The van der Waals surface area contributed by atoms with Crippen LogP contribution in [0, 0.1) is 17.8 Å². The minimum absolute atomic E-state index is 0.0899. The fraction of sp³-hybridized carbons (Fsp3) is 0.600. The van der Waals surface area contributed by atoms with E-state index in [1.165, 1.54) is 18.2 Å². The van der Waals surface area contributed by atoms with Crippen LogP contribution in [0.2, 0.25) is 0 Å². The lowest BCUT2D eigenvalue weighted by molar-refractivity contribution is -0.153. The van der Waals surface area contributed by atoms with Crippen molar-refractivity contribution in [3.05, 3.63) is 67.3 Å². The predicted octanol–water partition coefficient (Wildman–Crippen LogP) is 7.04. The molecule has 6 rings (SSSR count). The molecule has 0 spiro atoms. The van der Waals surface area contributed by atoms with Crippen LogP contribution < -0.4 is 0 Å². The molecule has 6 atom stereocenters. The summed E-state index contributed by atoms with van der Waals surface area (Å²) >= 11 is 18.4. The highest BCUT2D eigenvalue weighted by Crippen LogP contribution is 2.58. The molecule has 3 fully saturated rings. The normalized spacial score (nSPS) is 25.9. The zero-order valence-corrected chi connectivity index (χ0v) is 39.2. The molecular formula is C45H59Cl3O18. The molecule has 368 valence electrons. The van der Waals surface area contributed by atoms with Gasteiger partial charge in [-0.15, -0.1) is 0 Å². The number of carboxylic acids is 6. The van der Waals surface area contributed by atoms with Crippen molar-refractivity contribution in [3.63, 3.8) is 0 Å². The Labute approximate surface area is 396 Å². The molecule has 3 heterocycles. The van der Waals surface area contributed by atoms with Gasteiger partial charge in [0.15, 0.2) is 17.3 Å². The smallest absolute Gasteiger partial charge is 0.357 e. The van der Waals surface area contributed by atoms with Gasteiger partial charge >= 0.3 is 35.8 Å². The van der Waals surface area contributed by atoms with Gasteiger partial charge in [-0.3, -0.25) is 14.4 Å². The van der Waals surface area contributed by atoms with Gasteiger partial charge in [-0.1, -0.05) is 132 Å². The van der Waals surface area contributed by atoms with E-state index in [4.69, 9.17) is 64.3 Å². The van der Waals surface area contributed by atoms with Gasteiger partial charge in [0.1, 0.15) is 23.9 Å². The van der Waals surface area contributed by atoms with Crippen molar-refractivity contribution in [3.8, 4) is 0 Å². The van der Waals surface area contributed by atoms with Crippen molar-refractivity contribution in [1.29, 1.82) is 0 Å². The first-order valence-corrected chi connectivity index (χ1v) is 23.0. The summed E-state index contributed by atoms with van der Waals surface area (Å²) in [6.45, 7) is 5.59. The third-order valence-electron chi connectivity index (χ3n) is 11.6. The molecule has 0 bridgehead atoms. The van der Waals surface area contributed by atoms with Crippen LogP contribution in [0.5, 0.6) is 0 Å². The van der Waals surface area contributed by atoms with Gasteiger partial charge in [-0.25, -0.2) is 14.4 Å². The van der Waals surface area contributed by atoms with E-state index in [2.05, 4.69) is 20.8 Å². The van der Waals surface area contributed by atoms with E-state index in [0.717, 1.165) is 77.0 Å². The number of epoxide rings is 3. The molecule has 0 aromatic carbocycles. The number of aliphatic carboxylic acids is 6. The second-order valence-corrected chi connectivity index (χ2v) is 17.5. The summed E-state index contributed by atoms with van der Waals surface area (Å²) in [6.07, 6.45) is 17.7.